The molecule has 0 atom stereocenters. The number of nitrogens with zero attached hydrogens (tertiary/aromatic N) is 3. The zero-order valence-corrected chi connectivity index (χ0v) is 15.5. The third-order valence-corrected chi connectivity index (χ3v) is 4.64. The van der Waals surface area contributed by atoms with Crippen molar-refractivity contribution in [1.29, 1.82) is 0 Å². The Morgan fingerprint density at radius 1 is 1.23 bits per heavy atom. The fourth-order valence-corrected chi connectivity index (χ4v) is 3.61. The van der Waals surface area contributed by atoms with Crippen molar-refractivity contribution >= 4 is 17.2 Å². The lowest BCUT2D eigenvalue weighted by molar-refractivity contribution is 0.0678. The Bertz CT molecular complexity index is 1030. The molecule has 1 aromatic carbocycles. The van der Waals surface area contributed by atoms with Gasteiger partial charge in [-0.2, -0.15) is 0 Å². The average Bonchev–Trinajstić information content (AvgIpc) is 2.69. The summed E-state index contributed by atoms with van der Waals surface area (Å²) in [4.78, 5) is 19.3. The fourth-order valence-electron chi connectivity index (χ4n) is 3.45. The second kappa shape index (κ2) is 6.41. The molecule has 0 fully saturated rings. The van der Waals surface area contributed by atoms with Crippen LogP contribution in [0.5, 0.6) is 5.75 Å². The Kier molecular flexibility index (Phi) is 4.21. The van der Waals surface area contributed by atoms with E-state index in [9.17, 15) is 4.79 Å². The third kappa shape index (κ3) is 3.45. The maximum atomic E-state index is 12.4. The summed E-state index contributed by atoms with van der Waals surface area (Å²) >= 11 is 5.97. The molecule has 0 saturated heterocycles. The monoisotopic (exact) mass is 369 g/mol. The lowest BCUT2D eigenvalue weighted by Gasteiger charge is -2.29. The van der Waals surface area contributed by atoms with Crippen molar-refractivity contribution in [1.82, 2.24) is 14.3 Å². The van der Waals surface area contributed by atoms with E-state index in [0.717, 1.165) is 30.1 Å². The third-order valence-electron chi connectivity index (χ3n) is 4.42. The molecule has 3 aromatic rings. The number of halogens is 1. The molecule has 3 heterocycles. The molecule has 0 saturated carbocycles. The number of para-hydroxylation sites is 1. The van der Waals surface area contributed by atoms with E-state index in [1.807, 2.05) is 18.2 Å². The molecule has 0 aliphatic carbocycles. The molecule has 0 N–H and O–H groups in total. The van der Waals surface area contributed by atoms with Crippen molar-refractivity contribution in [3.05, 3.63) is 75.3 Å². The largest absolute Gasteiger partial charge is 0.486 e. The fraction of sp³-hybridized carbons (Fsp3) is 0.300. The molecule has 1 aliphatic heterocycles. The minimum absolute atomic E-state index is 0.127. The van der Waals surface area contributed by atoms with Crippen LogP contribution in [0.1, 0.15) is 25.1 Å². The van der Waals surface area contributed by atoms with Crippen molar-refractivity contribution in [2.45, 2.75) is 32.5 Å². The van der Waals surface area contributed by atoms with Crippen LogP contribution in [0.15, 0.2) is 53.5 Å². The zero-order chi connectivity index (χ0) is 18.3. The topological polar surface area (TPSA) is 46.8 Å². The van der Waals surface area contributed by atoms with E-state index in [1.165, 1.54) is 4.40 Å². The molecule has 4 rings (SSSR count). The Labute approximate surface area is 156 Å². The van der Waals surface area contributed by atoms with Crippen molar-refractivity contribution in [3.8, 4) is 5.75 Å². The Morgan fingerprint density at radius 3 is 2.88 bits per heavy atom. The second-order valence-electron chi connectivity index (χ2n) is 7.28. The zero-order valence-electron chi connectivity index (χ0n) is 14.8. The van der Waals surface area contributed by atoms with Gasteiger partial charge in [0.1, 0.15) is 17.0 Å². The van der Waals surface area contributed by atoms with E-state index < -0.39 is 0 Å². The van der Waals surface area contributed by atoms with Gasteiger partial charge < -0.3 is 4.74 Å². The smallest absolute Gasteiger partial charge is 0.258 e. The minimum Gasteiger partial charge on any atom is -0.486 e. The highest BCUT2D eigenvalue weighted by molar-refractivity contribution is 6.30. The lowest BCUT2D eigenvalue weighted by Crippen LogP contribution is -2.40. The van der Waals surface area contributed by atoms with Gasteiger partial charge in [0, 0.05) is 37.5 Å². The number of rotatable bonds is 2. The van der Waals surface area contributed by atoms with Crippen LogP contribution in [0.3, 0.4) is 0 Å². The highest BCUT2D eigenvalue weighted by atomic mass is 35.5. The molecule has 0 bridgehead atoms. The number of hydrogen-bond donors (Lipinski definition) is 0. The van der Waals surface area contributed by atoms with Crippen LogP contribution in [-0.2, 0) is 13.1 Å². The molecule has 0 unspecified atom stereocenters. The summed E-state index contributed by atoms with van der Waals surface area (Å²) in [6.07, 6.45) is 1.59. The van der Waals surface area contributed by atoms with Crippen LogP contribution in [-0.4, -0.2) is 26.4 Å². The first-order valence-electron chi connectivity index (χ1n) is 8.57. The molecule has 0 amide bonds. The van der Waals surface area contributed by atoms with Crippen molar-refractivity contribution in [2.24, 2.45) is 0 Å². The van der Waals surface area contributed by atoms with E-state index >= 15 is 0 Å². The van der Waals surface area contributed by atoms with Gasteiger partial charge in [0.2, 0.25) is 0 Å². The molecular formula is C20H20ClN3O2. The Morgan fingerprint density at radius 2 is 2.04 bits per heavy atom. The highest BCUT2D eigenvalue weighted by Crippen LogP contribution is 2.29. The average molecular weight is 370 g/mol. The van der Waals surface area contributed by atoms with E-state index in [0.29, 0.717) is 17.2 Å². The number of benzene rings is 1. The van der Waals surface area contributed by atoms with Crippen LogP contribution in [0, 0.1) is 0 Å². The number of ether oxygens (including phenoxy) is 1. The van der Waals surface area contributed by atoms with Gasteiger partial charge in [-0.05, 0) is 32.0 Å². The van der Waals surface area contributed by atoms with Gasteiger partial charge in [0.15, 0.2) is 0 Å². The van der Waals surface area contributed by atoms with E-state index in [-0.39, 0.29) is 11.2 Å². The van der Waals surface area contributed by atoms with Gasteiger partial charge in [0.25, 0.3) is 5.56 Å². The maximum Gasteiger partial charge on any atom is 0.258 e. The molecule has 2 aromatic heterocycles. The molecule has 0 spiro atoms. The molecule has 0 radical (unpaired) electrons. The van der Waals surface area contributed by atoms with Crippen LogP contribution >= 0.6 is 11.6 Å². The minimum atomic E-state index is -0.327. The van der Waals surface area contributed by atoms with Gasteiger partial charge in [-0.3, -0.25) is 14.1 Å². The van der Waals surface area contributed by atoms with Crippen molar-refractivity contribution in [3.63, 3.8) is 0 Å². The van der Waals surface area contributed by atoms with Gasteiger partial charge in [-0.25, -0.2) is 4.98 Å². The summed E-state index contributed by atoms with van der Waals surface area (Å²) in [5, 5.41) is 0.511. The predicted molar refractivity (Wildman–Crippen MR) is 102 cm³/mol. The van der Waals surface area contributed by atoms with Crippen molar-refractivity contribution in [2.75, 3.05) is 6.54 Å². The summed E-state index contributed by atoms with van der Waals surface area (Å²) in [5.41, 5.74) is 2.03. The first-order chi connectivity index (χ1) is 12.4. The molecule has 134 valence electrons. The van der Waals surface area contributed by atoms with E-state index in [1.54, 1.807) is 24.4 Å². The van der Waals surface area contributed by atoms with Gasteiger partial charge in [-0.1, -0.05) is 29.8 Å². The SMILES string of the molecule is CC1(C)CN(Cc2cc(=O)n3cc(Cl)ccc3n2)Cc2ccccc2O1. The molecule has 6 heteroatoms. The quantitative estimate of drug-likeness (QED) is 0.693. The molecule has 5 nitrogen and oxygen atoms in total. The summed E-state index contributed by atoms with van der Waals surface area (Å²) in [6.45, 7) is 6.22. The lowest BCUT2D eigenvalue weighted by atomic mass is 10.1. The summed E-state index contributed by atoms with van der Waals surface area (Å²) in [5.74, 6) is 0.918. The highest BCUT2D eigenvalue weighted by Gasteiger charge is 2.29. The first kappa shape index (κ1) is 17.1. The van der Waals surface area contributed by atoms with Crippen LogP contribution < -0.4 is 10.3 Å². The molecule has 26 heavy (non-hydrogen) atoms. The number of hydrogen-bond acceptors (Lipinski definition) is 4. The maximum absolute atomic E-state index is 12.4. The van der Waals surface area contributed by atoms with Crippen LogP contribution in [0.25, 0.3) is 5.65 Å². The molecule has 1 aliphatic rings. The summed E-state index contributed by atoms with van der Waals surface area (Å²) in [6, 6.07) is 13.2. The van der Waals surface area contributed by atoms with Gasteiger partial charge in [-0.15, -0.1) is 0 Å². The van der Waals surface area contributed by atoms with Gasteiger partial charge >= 0.3 is 0 Å². The predicted octanol–water partition coefficient (Wildman–Crippen LogP) is 3.52. The standard InChI is InChI=1S/C20H20ClN3O2/c1-20(2)13-23(10-14-5-3-4-6-17(14)26-20)12-16-9-19(25)24-11-15(21)7-8-18(24)22-16/h3-9,11H,10,12-13H2,1-2H3. The number of aromatic nitrogens is 2. The Balaban J connectivity index is 1.67. The number of pyridine rings is 1. The first-order valence-corrected chi connectivity index (χ1v) is 8.95. The molecular weight excluding hydrogens is 350 g/mol. The van der Waals surface area contributed by atoms with Crippen LogP contribution in [0.2, 0.25) is 5.02 Å². The van der Waals surface area contributed by atoms with E-state index in [2.05, 4.69) is 29.8 Å². The normalized spacial score (nSPS) is 16.7. The van der Waals surface area contributed by atoms with Crippen molar-refractivity contribution < 1.29 is 4.74 Å². The summed E-state index contributed by atoms with van der Waals surface area (Å²) < 4.78 is 7.65. The Hall–Kier alpha value is -2.37. The van der Waals surface area contributed by atoms with E-state index in [4.69, 9.17) is 16.3 Å². The van der Waals surface area contributed by atoms with Gasteiger partial charge in [0.05, 0.1) is 10.7 Å². The number of fused-ring (bicyclic) bond motifs is 2. The van der Waals surface area contributed by atoms with Crippen LogP contribution in [0.4, 0.5) is 0 Å². The summed E-state index contributed by atoms with van der Waals surface area (Å²) in [7, 11) is 0. The second-order valence-corrected chi connectivity index (χ2v) is 7.71.